The van der Waals surface area contributed by atoms with Gasteiger partial charge in [0.25, 0.3) is 0 Å². The quantitative estimate of drug-likeness (QED) is 0.900. The van der Waals surface area contributed by atoms with E-state index in [1.165, 1.54) is 11.8 Å². The number of amides is 1. The minimum Gasteiger partial charge on any atom is -0.481 e. The number of halogens is 1. The maximum Gasteiger partial charge on any atom is 0.303 e. The molecular weight excluding hydrogens is 306 g/mol. The maximum absolute atomic E-state index is 11.7. The second kappa shape index (κ2) is 5.10. The SMILES string of the molecule is O=C(O)CCC1Sc2ccc(Br)cc2NC1=O. The number of carboxylic acid groups (broad SMARTS) is 1. The summed E-state index contributed by atoms with van der Waals surface area (Å²) in [5, 5.41) is 11.1. The van der Waals surface area contributed by atoms with Gasteiger partial charge >= 0.3 is 5.97 Å². The van der Waals surface area contributed by atoms with Crippen LogP contribution in [0.4, 0.5) is 5.69 Å². The van der Waals surface area contributed by atoms with E-state index in [0.717, 1.165) is 15.1 Å². The third kappa shape index (κ3) is 3.01. The molecule has 1 heterocycles. The van der Waals surface area contributed by atoms with E-state index in [-0.39, 0.29) is 17.6 Å². The number of carboxylic acids is 1. The molecule has 6 heteroatoms. The number of aliphatic carboxylic acids is 1. The van der Waals surface area contributed by atoms with Gasteiger partial charge in [0.2, 0.25) is 5.91 Å². The van der Waals surface area contributed by atoms with Crippen LogP contribution in [0, 0.1) is 0 Å². The normalized spacial score (nSPS) is 18.4. The summed E-state index contributed by atoms with van der Waals surface area (Å²) < 4.78 is 0.904. The first kappa shape index (κ1) is 12.4. The second-order valence-corrected chi connectivity index (χ2v) is 5.83. The fraction of sp³-hybridized carbons (Fsp3) is 0.273. The molecule has 17 heavy (non-hydrogen) atoms. The first-order valence-electron chi connectivity index (χ1n) is 5.05. The van der Waals surface area contributed by atoms with Crippen LogP contribution in [0.1, 0.15) is 12.8 Å². The van der Waals surface area contributed by atoms with E-state index < -0.39 is 5.97 Å². The lowest BCUT2D eigenvalue weighted by Gasteiger charge is -2.23. The van der Waals surface area contributed by atoms with Gasteiger partial charge in [-0.1, -0.05) is 15.9 Å². The van der Waals surface area contributed by atoms with Crippen molar-refractivity contribution in [2.24, 2.45) is 0 Å². The lowest BCUT2D eigenvalue weighted by molar-refractivity contribution is -0.137. The summed E-state index contributed by atoms with van der Waals surface area (Å²) in [7, 11) is 0. The molecule has 4 nitrogen and oxygen atoms in total. The lowest BCUT2D eigenvalue weighted by Crippen LogP contribution is -2.29. The molecule has 1 aromatic carbocycles. The fourth-order valence-corrected chi connectivity index (χ4v) is 3.02. The first-order chi connectivity index (χ1) is 8.06. The van der Waals surface area contributed by atoms with E-state index in [2.05, 4.69) is 21.2 Å². The van der Waals surface area contributed by atoms with E-state index in [4.69, 9.17) is 5.11 Å². The smallest absolute Gasteiger partial charge is 0.303 e. The van der Waals surface area contributed by atoms with Gasteiger partial charge in [0.15, 0.2) is 0 Å². The number of nitrogens with one attached hydrogen (secondary N) is 1. The Labute approximate surface area is 111 Å². The zero-order valence-electron chi connectivity index (χ0n) is 8.77. The van der Waals surface area contributed by atoms with E-state index in [1.54, 1.807) is 0 Å². The number of benzene rings is 1. The van der Waals surface area contributed by atoms with Crippen molar-refractivity contribution >= 4 is 45.3 Å². The van der Waals surface area contributed by atoms with Crippen molar-refractivity contribution in [2.75, 3.05) is 5.32 Å². The molecule has 0 bridgehead atoms. The number of hydrogen-bond donors (Lipinski definition) is 2. The van der Waals surface area contributed by atoms with Crippen LogP contribution in [0.15, 0.2) is 27.6 Å². The van der Waals surface area contributed by atoms with Crippen LogP contribution < -0.4 is 5.32 Å². The monoisotopic (exact) mass is 315 g/mol. The molecule has 0 spiro atoms. The maximum atomic E-state index is 11.7. The van der Waals surface area contributed by atoms with Crippen LogP contribution in [-0.4, -0.2) is 22.2 Å². The highest BCUT2D eigenvalue weighted by molar-refractivity contribution is 9.10. The van der Waals surface area contributed by atoms with Crippen molar-refractivity contribution in [2.45, 2.75) is 23.0 Å². The number of carbonyl (C=O) groups excluding carboxylic acids is 1. The molecule has 0 saturated carbocycles. The standard InChI is InChI=1S/C11H10BrNO3S/c12-6-1-2-8-7(5-6)13-11(16)9(17-8)3-4-10(14)15/h1-2,5,9H,3-4H2,(H,13,16)(H,14,15). The van der Waals surface area contributed by atoms with Crippen LogP contribution in [0.3, 0.4) is 0 Å². The zero-order valence-corrected chi connectivity index (χ0v) is 11.2. The van der Waals surface area contributed by atoms with E-state index in [1.807, 2.05) is 18.2 Å². The second-order valence-electron chi connectivity index (χ2n) is 3.67. The topological polar surface area (TPSA) is 66.4 Å². The minimum atomic E-state index is -0.875. The predicted octanol–water partition coefficient (Wildman–Crippen LogP) is 2.73. The summed E-state index contributed by atoms with van der Waals surface area (Å²) in [5.74, 6) is -0.998. The Kier molecular flexibility index (Phi) is 3.73. The Hall–Kier alpha value is -1.01. The van der Waals surface area contributed by atoms with Crippen molar-refractivity contribution in [1.29, 1.82) is 0 Å². The van der Waals surface area contributed by atoms with Gasteiger partial charge in [-0.3, -0.25) is 9.59 Å². The lowest BCUT2D eigenvalue weighted by atomic mass is 10.2. The van der Waals surface area contributed by atoms with Crippen LogP contribution in [0.2, 0.25) is 0 Å². The molecular formula is C11H10BrNO3S. The average molecular weight is 316 g/mol. The zero-order chi connectivity index (χ0) is 12.4. The summed E-state index contributed by atoms with van der Waals surface area (Å²) in [6, 6.07) is 5.66. The van der Waals surface area contributed by atoms with Gasteiger partial charge < -0.3 is 10.4 Å². The summed E-state index contributed by atoms with van der Waals surface area (Å²) in [6.07, 6.45) is 0.359. The molecule has 0 saturated heterocycles. The molecule has 0 aliphatic carbocycles. The van der Waals surface area contributed by atoms with Gasteiger partial charge in [-0.05, 0) is 24.6 Å². The molecule has 1 unspecified atom stereocenters. The number of carbonyl (C=O) groups is 2. The van der Waals surface area contributed by atoms with Crippen molar-refractivity contribution < 1.29 is 14.7 Å². The summed E-state index contributed by atoms with van der Waals surface area (Å²) in [4.78, 5) is 23.2. The van der Waals surface area contributed by atoms with Crippen LogP contribution >= 0.6 is 27.7 Å². The van der Waals surface area contributed by atoms with Crippen molar-refractivity contribution in [1.82, 2.24) is 0 Å². The van der Waals surface area contributed by atoms with Gasteiger partial charge in [-0.2, -0.15) is 0 Å². The summed E-state index contributed by atoms with van der Waals surface area (Å²) >= 11 is 4.76. The molecule has 90 valence electrons. The Balaban J connectivity index is 2.13. The molecule has 0 radical (unpaired) electrons. The van der Waals surface area contributed by atoms with Crippen molar-refractivity contribution in [3.63, 3.8) is 0 Å². The van der Waals surface area contributed by atoms with Gasteiger partial charge in [0, 0.05) is 15.8 Å². The van der Waals surface area contributed by atoms with Gasteiger partial charge in [0.05, 0.1) is 10.9 Å². The number of hydrogen-bond acceptors (Lipinski definition) is 3. The van der Waals surface area contributed by atoms with E-state index in [0.29, 0.717) is 6.42 Å². The number of thioether (sulfide) groups is 1. The molecule has 0 fully saturated rings. The third-order valence-electron chi connectivity index (χ3n) is 2.38. The number of fused-ring (bicyclic) bond motifs is 1. The third-order valence-corrected chi connectivity index (χ3v) is 4.22. The van der Waals surface area contributed by atoms with Crippen molar-refractivity contribution in [3.05, 3.63) is 22.7 Å². The summed E-state index contributed by atoms with van der Waals surface area (Å²) in [5.41, 5.74) is 0.779. The predicted molar refractivity (Wildman–Crippen MR) is 69.3 cm³/mol. The molecule has 0 aromatic heterocycles. The minimum absolute atomic E-state index is 0.0109. The van der Waals surface area contributed by atoms with E-state index >= 15 is 0 Å². The molecule has 2 rings (SSSR count). The Bertz CT molecular complexity index is 478. The van der Waals surface area contributed by atoms with Gasteiger partial charge in [-0.25, -0.2) is 0 Å². The average Bonchev–Trinajstić information content (AvgIpc) is 2.26. The highest BCUT2D eigenvalue weighted by Crippen LogP contribution is 2.38. The molecule has 2 N–H and O–H groups in total. The van der Waals surface area contributed by atoms with Crippen LogP contribution in [-0.2, 0) is 9.59 Å². The number of rotatable bonds is 3. The number of anilines is 1. The van der Waals surface area contributed by atoms with Gasteiger partial charge in [-0.15, -0.1) is 11.8 Å². The Morgan fingerprint density at radius 2 is 2.29 bits per heavy atom. The molecule has 1 amide bonds. The largest absolute Gasteiger partial charge is 0.481 e. The van der Waals surface area contributed by atoms with Crippen LogP contribution in [0.5, 0.6) is 0 Å². The van der Waals surface area contributed by atoms with Crippen LogP contribution in [0.25, 0.3) is 0 Å². The molecule has 1 aliphatic heterocycles. The highest BCUT2D eigenvalue weighted by Gasteiger charge is 2.27. The van der Waals surface area contributed by atoms with E-state index in [9.17, 15) is 9.59 Å². The Morgan fingerprint density at radius 1 is 1.53 bits per heavy atom. The molecule has 1 aromatic rings. The fourth-order valence-electron chi connectivity index (χ4n) is 1.57. The first-order valence-corrected chi connectivity index (χ1v) is 6.72. The summed E-state index contributed by atoms with van der Waals surface area (Å²) in [6.45, 7) is 0. The Morgan fingerprint density at radius 3 is 3.00 bits per heavy atom. The molecule has 1 atom stereocenters. The highest BCUT2D eigenvalue weighted by atomic mass is 79.9. The molecule has 1 aliphatic rings. The van der Waals surface area contributed by atoms with Crippen molar-refractivity contribution in [3.8, 4) is 0 Å². The van der Waals surface area contributed by atoms with Gasteiger partial charge in [0.1, 0.15) is 0 Å².